The topological polar surface area (TPSA) is 34.0 Å². The first kappa shape index (κ1) is 15.8. The molecule has 1 aromatic carbocycles. The monoisotopic (exact) mass is 348 g/mol. The van der Waals surface area contributed by atoms with Gasteiger partial charge in [0, 0.05) is 17.2 Å². The van der Waals surface area contributed by atoms with Crippen molar-refractivity contribution in [3.63, 3.8) is 0 Å². The van der Waals surface area contributed by atoms with Crippen molar-refractivity contribution in [3.05, 3.63) is 58.3 Å². The summed E-state index contributed by atoms with van der Waals surface area (Å²) in [4.78, 5) is 12.5. The summed E-state index contributed by atoms with van der Waals surface area (Å²) in [6, 6.07) is 12.0. The Morgan fingerprint density at radius 1 is 1.29 bits per heavy atom. The van der Waals surface area contributed by atoms with Gasteiger partial charge in [0.05, 0.1) is 6.04 Å². The van der Waals surface area contributed by atoms with Crippen molar-refractivity contribution in [1.82, 2.24) is 9.88 Å². The van der Waals surface area contributed by atoms with Gasteiger partial charge in [0.1, 0.15) is 5.69 Å². The van der Waals surface area contributed by atoms with E-state index in [1.807, 2.05) is 35.0 Å². The molecule has 0 spiro atoms. The van der Waals surface area contributed by atoms with Gasteiger partial charge in [0.2, 0.25) is 0 Å². The molecule has 0 saturated carbocycles. The first-order valence-corrected chi connectivity index (χ1v) is 8.16. The maximum atomic E-state index is 12.5. The molecule has 0 fully saturated rings. The fraction of sp³-hybridized carbons (Fsp3) is 0.353. The zero-order chi connectivity index (χ0) is 15.2. The Morgan fingerprint density at radius 2 is 2.00 bits per heavy atom. The second-order valence-electron chi connectivity index (χ2n) is 5.08. The minimum atomic E-state index is -0.0233. The van der Waals surface area contributed by atoms with Crippen molar-refractivity contribution in [3.8, 4) is 0 Å². The molecule has 1 amide bonds. The fourth-order valence-electron chi connectivity index (χ4n) is 2.43. The van der Waals surface area contributed by atoms with Crippen LogP contribution >= 0.6 is 15.9 Å². The van der Waals surface area contributed by atoms with Gasteiger partial charge in [-0.1, -0.05) is 44.2 Å². The molecule has 0 aliphatic heterocycles. The average molecular weight is 349 g/mol. The summed E-state index contributed by atoms with van der Waals surface area (Å²) >= 11 is 3.45. The van der Waals surface area contributed by atoms with Crippen LogP contribution in [0.5, 0.6) is 0 Å². The van der Waals surface area contributed by atoms with Crippen LogP contribution in [0, 0.1) is 0 Å². The van der Waals surface area contributed by atoms with Crippen LogP contribution in [-0.4, -0.2) is 10.5 Å². The minimum absolute atomic E-state index is 0.0233. The Hall–Kier alpha value is -1.55. The van der Waals surface area contributed by atoms with Gasteiger partial charge in [0.25, 0.3) is 5.91 Å². The van der Waals surface area contributed by atoms with E-state index in [4.69, 9.17) is 0 Å². The van der Waals surface area contributed by atoms with Crippen molar-refractivity contribution < 1.29 is 4.79 Å². The van der Waals surface area contributed by atoms with E-state index in [2.05, 4.69) is 47.2 Å². The van der Waals surface area contributed by atoms with Gasteiger partial charge in [-0.3, -0.25) is 4.79 Å². The third-order valence-electron chi connectivity index (χ3n) is 3.48. The quantitative estimate of drug-likeness (QED) is 0.816. The number of rotatable bonds is 6. The van der Waals surface area contributed by atoms with Crippen LogP contribution in [0.4, 0.5) is 0 Å². The highest BCUT2D eigenvalue weighted by Gasteiger charge is 2.17. The molecule has 0 saturated heterocycles. The number of nitrogens with one attached hydrogen (secondary N) is 1. The van der Waals surface area contributed by atoms with Crippen molar-refractivity contribution in [2.45, 2.75) is 39.3 Å². The van der Waals surface area contributed by atoms with Gasteiger partial charge < -0.3 is 9.88 Å². The summed E-state index contributed by atoms with van der Waals surface area (Å²) in [6.45, 7) is 5.03. The van der Waals surface area contributed by atoms with Crippen LogP contribution in [-0.2, 0) is 6.54 Å². The van der Waals surface area contributed by atoms with Gasteiger partial charge >= 0.3 is 0 Å². The van der Waals surface area contributed by atoms with Gasteiger partial charge in [-0.25, -0.2) is 0 Å². The molecule has 1 N–H and O–H groups in total. The number of hydrogen-bond donors (Lipinski definition) is 1. The Morgan fingerprint density at radius 3 is 2.62 bits per heavy atom. The smallest absolute Gasteiger partial charge is 0.268 e. The molecule has 3 nitrogen and oxygen atoms in total. The highest BCUT2D eigenvalue weighted by atomic mass is 79.9. The van der Waals surface area contributed by atoms with Gasteiger partial charge in [-0.2, -0.15) is 0 Å². The van der Waals surface area contributed by atoms with E-state index < -0.39 is 0 Å². The zero-order valence-corrected chi connectivity index (χ0v) is 14.1. The molecule has 1 unspecified atom stereocenters. The Kier molecular flexibility index (Phi) is 5.62. The van der Waals surface area contributed by atoms with E-state index in [1.54, 1.807) is 0 Å². The molecule has 4 heteroatoms. The van der Waals surface area contributed by atoms with Crippen molar-refractivity contribution in [1.29, 1.82) is 0 Å². The minimum Gasteiger partial charge on any atom is -0.344 e. The first-order chi connectivity index (χ1) is 10.2. The maximum Gasteiger partial charge on any atom is 0.268 e. The third kappa shape index (κ3) is 3.97. The van der Waals surface area contributed by atoms with E-state index >= 15 is 0 Å². The van der Waals surface area contributed by atoms with Crippen LogP contribution in [0.3, 0.4) is 0 Å². The Balaban J connectivity index is 2.16. The van der Waals surface area contributed by atoms with Crippen LogP contribution in [0.2, 0.25) is 0 Å². The van der Waals surface area contributed by atoms with Crippen LogP contribution in [0.1, 0.15) is 48.8 Å². The normalized spacial score (nSPS) is 12.1. The number of hydrogen-bond acceptors (Lipinski definition) is 1. The molecular formula is C17H21BrN2O. The highest BCUT2D eigenvalue weighted by Crippen LogP contribution is 2.19. The lowest BCUT2D eigenvalue weighted by molar-refractivity contribution is 0.0926. The standard InChI is InChI=1S/C17H21BrN2O/c1-3-10-20-12-14(18)11-16(20)17(21)19-15(4-2)13-8-6-5-7-9-13/h5-9,11-12,15H,3-4,10H2,1-2H3,(H,19,21). The lowest BCUT2D eigenvalue weighted by Gasteiger charge is -2.18. The van der Waals surface area contributed by atoms with Gasteiger partial charge in [-0.05, 0) is 40.4 Å². The summed E-state index contributed by atoms with van der Waals surface area (Å²) in [5.41, 5.74) is 1.85. The number of nitrogens with zero attached hydrogens (tertiary/aromatic N) is 1. The third-order valence-corrected chi connectivity index (χ3v) is 3.91. The predicted molar refractivity (Wildman–Crippen MR) is 89.4 cm³/mol. The molecule has 1 aromatic heterocycles. The summed E-state index contributed by atoms with van der Waals surface area (Å²) in [7, 11) is 0. The molecule has 2 aromatic rings. The summed E-state index contributed by atoms with van der Waals surface area (Å²) in [5.74, 6) is -0.0233. The SMILES string of the molecule is CCCn1cc(Br)cc1C(=O)NC(CC)c1ccccc1. The Bertz CT molecular complexity index is 592. The van der Waals surface area contributed by atoms with Crippen molar-refractivity contribution >= 4 is 21.8 Å². The lowest BCUT2D eigenvalue weighted by atomic mass is 10.0. The van der Waals surface area contributed by atoms with Crippen molar-refractivity contribution in [2.75, 3.05) is 0 Å². The van der Waals surface area contributed by atoms with Gasteiger partial charge in [0.15, 0.2) is 0 Å². The molecule has 0 bridgehead atoms. The molecule has 2 rings (SSSR count). The molecule has 21 heavy (non-hydrogen) atoms. The Labute approximate surface area is 134 Å². The highest BCUT2D eigenvalue weighted by molar-refractivity contribution is 9.10. The van der Waals surface area contributed by atoms with Crippen LogP contribution in [0.15, 0.2) is 47.1 Å². The fourth-order valence-corrected chi connectivity index (χ4v) is 2.89. The number of aryl methyl sites for hydroxylation is 1. The molecule has 0 aliphatic carbocycles. The van der Waals surface area contributed by atoms with Crippen LogP contribution < -0.4 is 5.32 Å². The van der Waals surface area contributed by atoms with E-state index in [0.29, 0.717) is 5.69 Å². The molecule has 0 aliphatic rings. The number of benzene rings is 1. The van der Waals surface area contributed by atoms with E-state index in [9.17, 15) is 4.79 Å². The second-order valence-corrected chi connectivity index (χ2v) is 6.00. The molecule has 0 radical (unpaired) electrons. The molecular weight excluding hydrogens is 328 g/mol. The largest absolute Gasteiger partial charge is 0.344 e. The van der Waals surface area contributed by atoms with Gasteiger partial charge in [-0.15, -0.1) is 0 Å². The number of halogens is 1. The first-order valence-electron chi connectivity index (χ1n) is 7.37. The molecule has 1 heterocycles. The summed E-state index contributed by atoms with van der Waals surface area (Å²) in [5, 5.41) is 3.13. The lowest BCUT2D eigenvalue weighted by Crippen LogP contribution is -2.29. The predicted octanol–water partition coefficient (Wildman–Crippen LogP) is 4.54. The van der Waals surface area contributed by atoms with E-state index in [1.165, 1.54) is 0 Å². The average Bonchev–Trinajstić information content (AvgIpc) is 2.87. The maximum absolute atomic E-state index is 12.5. The van der Waals surface area contributed by atoms with E-state index in [-0.39, 0.29) is 11.9 Å². The zero-order valence-electron chi connectivity index (χ0n) is 12.5. The van der Waals surface area contributed by atoms with E-state index in [0.717, 1.165) is 29.4 Å². The molecule has 1 atom stereocenters. The summed E-state index contributed by atoms with van der Waals surface area (Å²) < 4.78 is 2.94. The van der Waals surface area contributed by atoms with Crippen LogP contribution in [0.25, 0.3) is 0 Å². The number of aromatic nitrogens is 1. The van der Waals surface area contributed by atoms with Crippen molar-refractivity contribution in [2.24, 2.45) is 0 Å². The summed E-state index contributed by atoms with van der Waals surface area (Å²) in [6.07, 6.45) is 3.82. The number of carbonyl (C=O) groups excluding carboxylic acids is 1. The number of amides is 1. The number of carbonyl (C=O) groups is 1. The molecule has 112 valence electrons. The second kappa shape index (κ2) is 7.46.